The topological polar surface area (TPSA) is 64.5 Å². The number of anilines is 2. The lowest BCUT2D eigenvalue weighted by molar-refractivity contribution is 0.628. The SMILES string of the molecule is N#Cc1c(Nc2ccc(F)c(Cl)c2)n[nH]c1-c1cccs1. The first-order valence-electron chi connectivity index (χ1n) is 5.93. The Morgan fingerprint density at radius 3 is 2.90 bits per heavy atom. The molecule has 0 aliphatic carbocycles. The van der Waals surface area contributed by atoms with Crippen LogP contribution in [0.2, 0.25) is 5.02 Å². The van der Waals surface area contributed by atoms with Gasteiger partial charge in [-0.1, -0.05) is 17.7 Å². The Hall–Kier alpha value is -2.36. The van der Waals surface area contributed by atoms with E-state index in [0.29, 0.717) is 22.8 Å². The number of nitriles is 1. The molecular weight excluding hydrogens is 311 g/mol. The first-order chi connectivity index (χ1) is 10.2. The maximum atomic E-state index is 13.1. The van der Waals surface area contributed by atoms with Crippen LogP contribution in [0.5, 0.6) is 0 Å². The van der Waals surface area contributed by atoms with E-state index in [4.69, 9.17) is 11.6 Å². The van der Waals surface area contributed by atoms with Crippen molar-refractivity contribution in [3.8, 4) is 16.6 Å². The van der Waals surface area contributed by atoms with E-state index in [1.54, 1.807) is 0 Å². The molecule has 4 nitrogen and oxygen atoms in total. The number of aromatic nitrogens is 2. The Kier molecular flexibility index (Phi) is 3.60. The third kappa shape index (κ3) is 2.61. The summed E-state index contributed by atoms with van der Waals surface area (Å²) in [4.78, 5) is 0.921. The van der Waals surface area contributed by atoms with Gasteiger partial charge in [-0.05, 0) is 29.6 Å². The molecule has 0 saturated carbocycles. The minimum atomic E-state index is -0.496. The fourth-order valence-corrected chi connectivity index (χ4v) is 2.76. The van der Waals surface area contributed by atoms with E-state index < -0.39 is 5.82 Å². The van der Waals surface area contributed by atoms with Gasteiger partial charge in [0.1, 0.15) is 17.4 Å². The minimum absolute atomic E-state index is 0.00697. The maximum Gasteiger partial charge on any atom is 0.170 e. The molecule has 1 aromatic carbocycles. The fraction of sp³-hybridized carbons (Fsp3) is 0. The molecule has 0 atom stereocenters. The predicted molar refractivity (Wildman–Crippen MR) is 81.3 cm³/mol. The molecule has 0 aliphatic rings. The summed E-state index contributed by atoms with van der Waals surface area (Å²) in [5.74, 6) is -0.118. The lowest BCUT2D eigenvalue weighted by Gasteiger charge is -2.04. The number of rotatable bonds is 3. The van der Waals surface area contributed by atoms with Crippen LogP contribution in [0.25, 0.3) is 10.6 Å². The van der Waals surface area contributed by atoms with Gasteiger partial charge in [0.2, 0.25) is 0 Å². The number of nitrogens with zero attached hydrogens (tertiary/aromatic N) is 2. The summed E-state index contributed by atoms with van der Waals surface area (Å²) in [5, 5.41) is 21.2. The minimum Gasteiger partial charge on any atom is -0.338 e. The van der Waals surface area contributed by atoms with Crippen molar-refractivity contribution >= 4 is 34.4 Å². The summed E-state index contributed by atoms with van der Waals surface area (Å²) < 4.78 is 13.1. The lowest BCUT2D eigenvalue weighted by Crippen LogP contribution is -1.93. The van der Waals surface area contributed by atoms with Gasteiger partial charge in [0.05, 0.1) is 15.6 Å². The third-order valence-electron chi connectivity index (χ3n) is 2.83. The van der Waals surface area contributed by atoms with Crippen molar-refractivity contribution in [1.82, 2.24) is 10.2 Å². The highest BCUT2D eigenvalue weighted by Gasteiger charge is 2.15. The van der Waals surface area contributed by atoms with E-state index in [-0.39, 0.29) is 5.02 Å². The summed E-state index contributed by atoms with van der Waals surface area (Å²) in [6, 6.07) is 10.1. The van der Waals surface area contributed by atoms with E-state index in [9.17, 15) is 9.65 Å². The summed E-state index contributed by atoms with van der Waals surface area (Å²) in [7, 11) is 0. The molecule has 7 heteroatoms. The van der Waals surface area contributed by atoms with E-state index >= 15 is 0 Å². The van der Waals surface area contributed by atoms with Crippen molar-refractivity contribution < 1.29 is 4.39 Å². The van der Waals surface area contributed by atoms with Gasteiger partial charge < -0.3 is 5.32 Å². The smallest absolute Gasteiger partial charge is 0.170 e. The number of hydrogen-bond donors (Lipinski definition) is 2. The largest absolute Gasteiger partial charge is 0.338 e. The van der Waals surface area contributed by atoms with Crippen LogP contribution in [0, 0.1) is 17.1 Å². The summed E-state index contributed by atoms with van der Waals surface area (Å²) in [6.45, 7) is 0. The molecule has 3 rings (SSSR count). The quantitative estimate of drug-likeness (QED) is 0.744. The van der Waals surface area contributed by atoms with Crippen molar-refractivity contribution in [2.45, 2.75) is 0 Å². The molecule has 0 fully saturated rings. The zero-order valence-electron chi connectivity index (χ0n) is 10.5. The molecule has 0 aliphatic heterocycles. The molecule has 21 heavy (non-hydrogen) atoms. The second-order valence-electron chi connectivity index (χ2n) is 4.17. The van der Waals surface area contributed by atoms with E-state index in [1.807, 2.05) is 17.5 Å². The Balaban J connectivity index is 1.96. The number of hydrogen-bond acceptors (Lipinski definition) is 4. The molecule has 2 N–H and O–H groups in total. The molecule has 104 valence electrons. The molecule has 0 saturated heterocycles. The number of benzene rings is 1. The number of halogens is 2. The van der Waals surface area contributed by atoms with Crippen LogP contribution in [0.3, 0.4) is 0 Å². The van der Waals surface area contributed by atoms with Gasteiger partial charge in [-0.2, -0.15) is 10.4 Å². The summed E-state index contributed by atoms with van der Waals surface area (Å²) >= 11 is 7.24. The first-order valence-corrected chi connectivity index (χ1v) is 7.19. The second-order valence-corrected chi connectivity index (χ2v) is 5.52. The van der Waals surface area contributed by atoms with Gasteiger partial charge in [0.25, 0.3) is 0 Å². The molecule has 0 amide bonds. The van der Waals surface area contributed by atoms with Gasteiger partial charge in [0, 0.05) is 5.69 Å². The van der Waals surface area contributed by atoms with Gasteiger partial charge in [-0.15, -0.1) is 11.3 Å². The predicted octanol–water partition coefficient (Wildman–Crippen LogP) is 4.55. The van der Waals surface area contributed by atoms with Crippen molar-refractivity contribution in [3.63, 3.8) is 0 Å². The van der Waals surface area contributed by atoms with E-state index in [0.717, 1.165) is 4.88 Å². The molecule has 0 radical (unpaired) electrons. The van der Waals surface area contributed by atoms with Crippen LogP contribution in [0.4, 0.5) is 15.9 Å². The Labute approximate surface area is 128 Å². The molecule has 0 bridgehead atoms. The number of H-pyrrole nitrogens is 1. The third-order valence-corrected chi connectivity index (χ3v) is 4.01. The zero-order chi connectivity index (χ0) is 14.8. The highest BCUT2D eigenvalue weighted by Crippen LogP contribution is 2.31. The van der Waals surface area contributed by atoms with Crippen LogP contribution in [-0.4, -0.2) is 10.2 Å². The molecule has 2 aromatic heterocycles. The second kappa shape index (κ2) is 5.56. The van der Waals surface area contributed by atoms with Crippen LogP contribution >= 0.6 is 22.9 Å². The zero-order valence-corrected chi connectivity index (χ0v) is 12.1. The number of thiophene rings is 1. The Bertz CT molecular complexity index is 820. The average molecular weight is 319 g/mol. The highest BCUT2D eigenvalue weighted by molar-refractivity contribution is 7.13. The molecular formula is C14H8ClFN4S. The summed E-state index contributed by atoms with van der Waals surface area (Å²) in [5.41, 5.74) is 1.61. The molecule has 0 unspecified atom stereocenters. The average Bonchev–Trinajstić information content (AvgIpc) is 3.11. The van der Waals surface area contributed by atoms with Crippen LogP contribution < -0.4 is 5.32 Å². The first kappa shape index (κ1) is 13.6. The number of nitrogens with one attached hydrogen (secondary N) is 2. The summed E-state index contributed by atoms with van der Waals surface area (Å²) in [6.07, 6.45) is 0. The lowest BCUT2D eigenvalue weighted by atomic mass is 10.2. The van der Waals surface area contributed by atoms with Crippen molar-refractivity contribution in [2.75, 3.05) is 5.32 Å². The van der Waals surface area contributed by atoms with Crippen molar-refractivity contribution in [2.24, 2.45) is 0 Å². The highest BCUT2D eigenvalue weighted by atomic mass is 35.5. The van der Waals surface area contributed by atoms with Gasteiger partial charge in [0.15, 0.2) is 5.82 Å². The van der Waals surface area contributed by atoms with Crippen LogP contribution in [0.1, 0.15) is 5.56 Å². The fourth-order valence-electron chi connectivity index (χ4n) is 1.85. The van der Waals surface area contributed by atoms with Crippen LogP contribution in [0.15, 0.2) is 35.7 Å². The monoisotopic (exact) mass is 318 g/mol. The Morgan fingerprint density at radius 1 is 1.38 bits per heavy atom. The van der Waals surface area contributed by atoms with Crippen molar-refractivity contribution in [1.29, 1.82) is 5.26 Å². The van der Waals surface area contributed by atoms with Gasteiger partial charge in [-0.3, -0.25) is 5.10 Å². The maximum absolute atomic E-state index is 13.1. The normalized spacial score (nSPS) is 10.3. The van der Waals surface area contributed by atoms with E-state index in [1.165, 1.54) is 29.5 Å². The Morgan fingerprint density at radius 2 is 2.24 bits per heavy atom. The van der Waals surface area contributed by atoms with Crippen molar-refractivity contribution in [3.05, 3.63) is 52.1 Å². The number of aromatic amines is 1. The van der Waals surface area contributed by atoms with E-state index in [2.05, 4.69) is 21.6 Å². The van der Waals surface area contributed by atoms with Gasteiger partial charge in [-0.25, -0.2) is 4.39 Å². The molecule has 2 heterocycles. The standard InChI is InChI=1S/C14H8ClFN4S/c15-10-6-8(3-4-11(10)16)18-14-9(7-17)13(19-20-14)12-2-1-5-21-12/h1-6H,(H2,18,19,20). The molecule has 3 aromatic rings. The van der Waals surface area contributed by atoms with Crippen LogP contribution in [-0.2, 0) is 0 Å². The molecule has 0 spiro atoms. The van der Waals surface area contributed by atoms with Gasteiger partial charge >= 0.3 is 0 Å².